The summed E-state index contributed by atoms with van der Waals surface area (Å²) in [5.74, 6) is -2.19. The first kappa shape index (κ1) is 14.7. The van der Waals surface area contributed by atoms with Crippen molar-refractivity contribution in [3.63, 3.8) is 0 Å². The van der Waals surface area contributed by atoms with Crippen LogP contribution in [0.15, 0.2) is 30.3 Å². The van der Waals surface area contributed by atoms with Gasteiger partial charge in [-0.3, -0.25) is 9.59 Å². The maximum Gasteiger partial charge on any atom is 0.326 e. The van der Waals surface area contributed by atoms with E-state index in [4.69, 9.17) is 5.11 Å². The van der Waals surface area contributed by atoms with E-state index in [1.54, 1.807) is 30.3 Å². The van der Waals surface area contributed by atoms with E-state index in [0.717, 1.165) is 0 Å². The second kappa shape index (κ2) is 7.15. The molecule has 0 aliphatic rings. The molecule has 0 saturated carbocycles. The smallest absolute Gasteiger partial charge is 0.326 e. The van der Waals surface area contributed by atoms with E-state index in [2.05, 4.69) is 10.1 Å². The minimum absolute atomic E-state index is 0.0133. The van der Waals surface area contributed by atoms with Crippen LogP contribution in [0.1, 0.15) is 23.2 Å². The maximum atomic E-state index is 11.8. The number of esters is 1. The number of benzene rings is 1. The Morgan fingerprint density at radius 1 is 1.26 bits per heavy atom. The van der Waals surface area contributed by atoms with Gasteiger partial charge in [-0.05, 0) is 18.6 Å². The molecule has 1 unspecified atom stereocenters. The summed E-state index contributed by atoms with van der Waals surface area (Å²) >= 11 is 0. The van der Waals surface area contributed by atoms with Crippen molar-refractivity contribution in [3.8, 4) is 0 Å². The van der Waals surface area contributed by atoms with E-state index in [0.29, 0.717) is 5.56 Å². The minimum atomic E-state index is -1.19. The molecular formula is C13H15NO5. The fourth-order valence-corrected chi connectivity index (χ4v) is 1.45. The third-order valence-electron chi connectivity index (χ3n) is 2.50. The van der Waals surface area contributed by atoms with Crippen molar-refractivity contribution < 1.29 is 24.2 Å². The lowest BCUT2D eigenvalue weighted by molar-refractivity contribution is -0.142. The van der Waals surface area contributed by atoms with E-state index in [1.807, 2.05) is 0 Å². The Kier molecular flexibility index (Phi) is 5.53. The zero-order valence-corrected chi connectivity index (χ0v) is 10.5. The van der Waals surface area contributed by atoms with Crippen LogP contribution in [-0.2, 0) is 14.3 Å². The Hall–Kier alpha value is -2.37. The van der Waals surface area contributed by atoms with Gasteiger partial charge in [0.1, 0.15) is 6.04 Å². The number of carbonyl (C=O) groups is 3. The molecule has 0 aromatic heterocycles. The van der Waals surface area contributed by atoms with Crippen LogP contribution in [0.5, 0.6) is 0 Å². The summed E-state index contributed by atoms with van der Waals surface area (Å²) in [6.07, 6.45) is -0.0802. The molecule has 0 bridgehead atoms. The number of hydrogen-bond donors (Lipinski definition) is 2. The number of carboxylic acid groups (broad SMARTS) is 1. The first-order valence-corrected chi connectivity index (χ1v) is 5.70. The second-order valence-corrected chi connectivity index (χ2v) is 3.85. The molecular weight excluding hydrogens is 250 g/mol. The lowest BCUT2D eigenvalue weighted by atomic mass is 10.1. The van der Waals surface area contributed by atoms with Crippen LogP contribution in [0.4, 0.5) is 0 Å². The van der Waals surface area contributed by atoms with Crippen molar-refractivity contribution in [1.82, 2.24) is 5.32 Å². The van der Waals surface area contributed by atoms with E-state index in [9.17, 15) is 14.4 Å². The summed E-state index contributed by atoms with van der Waals surface area (Å²) in [5, 5.41) is 11.4. The van der Waals surface area contributed by atoms with Crippen LogP contribution in [0.3, 0.4) is 0 Å². The first-order valence-electron chi connectivity index (χ1n) is 5.70. The van der Waals surface area contributed by atoms with Crippen molar-refractivity contribution in [1.29, 1.82) is 0 Å². The molecule has 1 rings (SSSR count). The topological polar surface area (TPSA) is 92.7 Å². The van der Waals surface area contributed by atoms with Crippen molar-refractivity contribution in [3.05, 3.63) is 35.9 Å². The van der Waals surface area contributed by atoms with Crippen molar-refractivity contribution in [2.45, 2.75) is 18.9 Å². The van der Waals surface area contributed by atoms with Gasteiger partial charge in [-0.2, -0.15) is 0 Å². The quantitative estimate of drug-likeness (QED) is 0.743. The molecule has 19 heavy (non-hydrogen) atoms. The number of hydrogen-bond acceptors (Lipinski definition) is 4. The van der Waals surface area contributed by atoms with Gasteiger partial charge in [0.05, 0.1) is 7.11 Å². The molecule has 6 heteroatoms. The number of methoxy groups -OCH3 is 1. The predicted octanol–water partition coefficient (Wildman–Crippen LogP) is 0.823. The third kappa shape index (κ3) is 4.79. The molecule has 0 spiro atoms. The van der Waals surface area contributed by atoms with Crippen LogP contribution >= 0.6 is 0 Å². The molecule has 1 atom stereocenters. The average Bonchev–Trinajstić information content (AvgIpc) is 2.43. The molecule has 0 heterocycles. The largest absolute Gasteiger partial charge is 0.480 e. The Morgan fingerprint density at radius 3 is 2.42 bits per heavy atom. The van der Waals surface area contributed by atoms with Gasteiger partial charge in [0.2, 0.25) is 0 Å². The molecule has 102 valence electrons. The van der Waals surface area contributed by atoms with Crippen molar-refractivity contribution in [2.24, 2.45) is 0 Å². The Bertz CT molecular complexity index is 457. The van der Waals surface area contributed by atoms with Gasteiger partial charge in [0, 0.05) is 12.0 Å². The van der Waals surface area contributed by atoms with Crippen LogP contribution in [0.2, 0.25) is 0 Å². The van der Waals surface area contributed by atoms with Gasteiger partial charge >= 0.3 is 11.9 Å². The van der Waals surface area contributed by atoms with Crippen LogP contribution < -0.4 is 5.32 Å². The lowest BCUT2D eigenvalue weighted by Gasteiger charge is -2.13. The van der Waals surface area contributed by atoms with Crippen LogP contribution in [-0.4, -0.2) is 36.1 Å². The van der Waals surface area contributed by atoms with Crippen molar-refractivity contribution in [2.75, 3.05) is 7.11 Å². The summed E-state index contributed by atoms with van der Waals surface area (Å²) in [4.78, 5) is 33.8. The fraction of sp³-hybridized carbons (Fsp3) is 0.308. The Balaban J connectivity index is 2.61. The number of aliphatic carboxylic acids is 1. The van der Waals surface area contributed by atoms with E-state index >= 15 is 0 Å². The zero-order chi connectivity index (χ0) is 14.3. The number of amides is 1. The molecule has 1 aromatic rings. The van der Waals surface area contributed by atoms with Gasteiger partial charge in [-0.1, -0.05) is 18.2 Å². The Labute approximate surface area is 110 Å². The number of carboxylic acids is 1. The molecule has 1 aromatic carbocycles. The molecule has 0 saturated heterocycles. The second-order valence-electron chi connectivity index (χ2n) is 3.85. The summed E-state index contributed by atoms with van der Waals surface area (Å²) in [5.41, 5.74) is 0.367. The van der Waals surface area contributed by atoms with Crippen LogP contribution in [0, 0.1) is 0 Å². The zero-order valence-electron chi connectivity index (χ0n) is 10.5. The van der Waals surface area contributed by atoms with Crippen LogP contribution in [0.25, 0.3) is 0 Å². The number of rotatable bonds is 6. The number of carbonyl (C=O) groups excluding carboxylic acids is 2. The highest BCUT2D eigenvalue weighted by Crippen LogP contribution is 2.03. The molecule has 0 fully saturated rings. The van der Waals surface area contributed by atoms with E-state index in [-0.39, 0.29) is 12.8 Å². The number of nitrogens with one attached hydrogen (secondary N) is 1. The summed E-state index contributed by atoms with van der Waals surface area (Å²) in [6, 6.07) is 7.15. The van der Waals surface area contributed by atoms with E-state index in [1.165, 1.54) is 7.11 Å². The van der Waals surface area contributed by atoms with Crippen molar-refractivity contribution >= 4 is 17.8 Å². The highest BCUT2D eigenvalue weighted by Gasteiger charge is 2.21. The predicted molar refractivity (Wildman–Crippen MR) is 66.6 cm³/mol. The normalized spacial score (nSPS) is 11.4. The van der Waals surface area contributed by atoms with Gasteiger partial charge < -0.3 is 15.2 Å². The molecule has 0 radical (unpaired) electrons. The summed E-state index contributed by atoms with van der Waals surface area (Å²) in [7, 11) is 1.22. The maximum absolute atomic E-state index is 11.8. The monoisotopic (exact) mass is 265 g/mol. The minimum Gasteiger partial charge on any atom is -0.480 e. The standard InChI is InChI=1S/C13H15NO5/c1-19-11(15)8-7-10(13(17)18)14-12(16)9-5-3-2-4-6-9/h2-6,10H,7-8H2,1H3,(H,14,16)(H,17,18). The first-order chi connectivity index (χ1) is 9.04. The SMILES string of the molecule is COC(=O)CCC(NC(=O)c1ccccc1)C(=O)O. The molecule has 0 aliphatic heterocycles. The van der Waals surface area contributed by atoms with Gasteiger partial charge in [-0.25, -0.2) is 4.79 Å². The summed E-state index contributed by atoms with van der Waals surface area (Å²) < 4.78 is 4.43. The molecule has 6 nitrogen and oxygen atoms in total. The highest BCUT2D eigenvalue weighted by molar-refractivity contribution is 5.96. The van der Waals surface area contributed by atoms with Gasteiger partial charge in [0.25, 0.3) is 5.91 Å². The molecule has 1 amide bonds. The van der Waals surface area contributed by atoms with E-state index < -0.39 is 23.9 Å². The summed E-state index contributed by atoms with van der Waals surface area (Å²) in [6.45, 7) is 0. The number of ether oxygens (including phenoxy) is 1. The lowest BCUT2D eigenvalue weighted by Crippen LogP contribution is -2.41. The van der Waals surface area contributed by atoms with Gasteiger partial charge in [0.15, 0.2) is 0 Å². The van der Waals surface area contributed by atoms with Gasteiger partial charge in [-0.15, -0.1) is 0 Å². The molecule has 2 N–H and O–H groups in total. The highest BCUT2D eigenvalue weighted by atomic mass is 16.5. The molecule has 0 aliphatic carbocycles. The third-order valence-corrected chi connectivity index (χ3v) is 2.50. The fourth-order valence-electron chi connectivity index (χ4n) is 1.45. The Morgan fingerprint density at radius 2 is 1.89 bits per heavy atom. The average molecular weight is 265 g/mol.